The third kappa shape index (κ3) is 2.13. The normalized spacial score (nSPS) is 10.3. The maximum atomic E-state index is 8.91. The van der Waals surface area contributed by atoms with Gasteiger partial charge in [0, 0.05) is 10.0 Å². The maximum absolute atomic E-state index is 8.91. The van der Waals surface area contributed by atoms with Gasteiger partial charge in [0.1, 0.15) is 11.8 Å². The van der Waals surface area contributed by atoms with Crippen LogP contribution in [-0.2, 0) is 0 Å². The van der Waals surface area contributed by atoms with Crippen LogP contribution in [-0.4, -0.2) is 20.3 Å². The van der Waals surface area contributed by atoms with E-state index in [9.17, 15) is 0 Å². The molecule has 0 amide bonds. The van der Waals surface area contributed by atoms with Crippen molar-refractivity contribution >= 4 is 15.9 Å². The number of halogens is 1. The van der Waals surface area contributed by atoms with Crippen molar-refractivity contribution < 1.29 is 4.52 Å². The molecular weight excluding hydrogens is 310 g/mol. The molecule has 0 aliphatic rings. The van der Waals surface area contributed by atoms with Crippen molar-refractivity contribution in [3.05, 3.63) is 40.6 Å². The van der Waals surface area contributed by atoms with Crippen molar-refractivity contribution in [1.29, 1.82) is 5.26 Å². The number of hydrogen-bond donors (Lipinski definition) is 1. The topological polar surface area (TPSA) is 91.4 Å². The molecule has 19 heavy (non-hydrogen) atoms. The van der Waals surface area contributed by atoms with E-state index >= 15 is 0 Å². The molecule has 0 unspecified atom stereocenters. The first-order valence-electron chi connectivity index (χ1n) is 5.31. The summed E-state index contributed by atoms with van der Waals surface area (Å²) in [4.78, 5) is 4.26. The van der Waals surface area contributed by atoms with Crippen molar-refractivity contribution in [1.82, 2.24) is 20.3 Å². The minimum Gasteiger partial charge on any atom is -0.333 e. The first-order chi connectivity index (χ1) is 9.28. The fraction of sp³-hybridized carbons (Fsp3) is 0. The number of nitrogens with zero attached hydrogens (tertiary/aromatic N) is 4. The number of nitriles is 1. The van der Waals surface area contributed by atoms with Crippen LogP contribution in [0, 0.1) is 11.3 Å². The lowest BCUT2D eigenvalue weighted by atomic mass is 10.2. The molecule has 6 nitrogen and oxygen atoms in total. The Bertz CT molecular complexity index is 770. The van der Waals surface area contributed by atoms with Gasteiger partial charge in [-0.05, 0) is 12.1 Å². The van der Waals surface area contributed by atoms with Gasteiger partial charge in [-0.2, -0.15) is 15.3 Å². The van der Waals surface area contributed by atoms with E-state index in [1.165, 1.54) is 6.20 Å². The van der Waals surface area contributed by atoms with Crippen LogP contribution in [0.2, 0.25) is 0 Å². The van der Waals surface area contributed by atoms with Crippen LogP contribution in [0.3, 0.4) is 0 Å². The summed E-state index contributed by atoms with van der Waals surface area (Å²) in [5, 5.41) is 19.2. The molecule has 2 aromatic heterocycles. The second kappa shape index (κ2) is 4.66. The first-order valence-corrected chi connectivity index (χ1v) is 6.10. The standard InChI is InChI=1S/C12H6BrN5O/c13-8-3-1-2-7(4-8)11-16-12(19-18-11)9-6-15-17-10(9)5-14/h1-4,6H,(H,15,17). The molecule has 0 atom stereocenters. The first kappa shape index (κ1) is 11.6. The molecular formula is C12H6BrN5O. The van der Waals surface area contributed by atoms with Crippen molar-refractivity contribution in [3.63, 3.8) is 0 Å². The summed E-state index contributed by atoms with van der Waals surface area (Å²) in [6, 6.07) is 9.53. The summed E-state index contributed by atoms with van der Waals surface area (Å²) < 4.78 is 6.09. The van der Waals surface area contributed by atoms with E-state index in [1.54, 1.807) is 0 Å². The van der Waals surface area contributed by atoms with Gasteiger partial charge in [0.2, 0.25) is 5.82 Å². The molecule has 0 bridgehead atoms. The van der Waals surface area contributed by atoms with Crippen LogP contribution in [0.1, 0.15) is 5.69 Å². The predicted octanol–water partition coefficient (Wildman–Crippen LogP) is 2.76. The van der Waals surface area contributed by atoms with Crippen LogP contribution in [0.5, 0.6) is 0 Å². The average molecular weight is 316 g/mol. The zero-order chi connectivity index (χ0) is 13.2. The number of hydrogen-bond acceptors (Lipinski definition) is 5. The highest BCUT2D eigenvalue weighted by Gasteiger charge is 2.15. The van der Waals surface area contributed by atoms with E-state index in [1.807, 2.05) is 30.3 Å². The molecule has 0 saturated carbocycles. The molecule has 7 heteroatoms. The number of rotatable bonds is 2. The van der Waals surface area contributed by atoms with Crippen molar-refractivity contribution in [2.45, 2.75) is 0 Å². The number of nitrogens with one attached hydrogen (secondary N) is 1. The Balaban J connectivity index is 2.03. The third-order valence-electron chi connectivity index (χ3n) is 2.49. The predicted molar refractivity (Wildman–Crippen MR) is 69.7 cm³/mol. The van der Waals surface area contributed by atoms with Crippen LogP contribution >= 0.6 is 15.9 Å². The van der Waals surface area contributed by atoms with Gasteiger partial charge in [-0.1, -0.05) is 33.2 Å². The fourth-order valence-corrected chi connectivity index (χ4v) is 2.01. The highest BCUT2D eigenvalue weighted by Crippen LogP contribution is 2.25. The Labute approximate surface area is 116 Å². The molecule has 1 aromatic carbocycles. The quantitative estimate of drug-likeness (QED) is 0.785. The van der Waals surface area contributed by atoms with E-state index in [-0.39, 0.29) is 5.89 Å². The van der Waals surface area contributed by atoms with Gasteiger partial charge in [-0.15, -0.1) is 0 Å². The molecule has 0 aliphatic carbocycles. The second-order valence-electron chi connectivity index (χ2n) is 3.70. The number of aromatic nitrogens is 4. The Morgan fingerprint density at radius 3 is 3.05 bits per heavy atom. The van der Waals surface area contributed by atoms with Gasteiger partial charge in [0.15, 0.2) is 0 Å². The fourth-order valence-electron chi connectivity index (χ4n) is 1.61. The van der Waals surface area contributed by atoms with Crippen LogP contribution in [0.4, 0.5) is 0 Å². The minimum absolute atomic E-state index is 0.264. The van der Waals surface area contributed by atoms with E-state index in [2.05, 4.69) is 36.3 Å². The van der Waals surface area contributed by atoms with Gasteiger partial charge in [-0.3, -0.25) is 5.10 Å². The van der Waals surface area contributed by atoms with Crippen molar-refractivity contribution in [2.75, 3.05) is 0 Å². The molecule has 0 saturated heterocycles. The van der Waals surface area contributed by atoms with Gasteiger partial charge in [0.25, 0.3) is 5.89 Å². The van der Waals surface area contributed by atoms with Crippen LogP contribution in [0.25, 0.3) is 22.8 Å². The molecule has 0 fully saturated rings. The second-order valence-corrected chi connectivity index (χ2v) is 4.62. The lowest BCUT2D eigenvalue weighted by Crippen LogP contribution is -1.82. The SMILES string of the molecule is N#Cc1[nH]ncc1-c1nc(-c2cccc(Br)c2)no1. The molecule has 3 aromatic rings. The van der Waals surface area contributed by atoms with Crippen LogP contribution < -0.4 is 0 Å². The summed E-state index contributed by atoms with van der Waals surface area (Å²) in [7, 11) is 0. The lowest BCUT2D eigenvalue weighted by molar-refractivity contribution is 0.432. The molecule has 0 aliphatic heterocycles. The monoisotopic (exact) mass is 315 g/mol. The zero-order valence-electron chi connectivity index (χ0n) is 9.46. The van der Waals surface area contributed by atoms with Gasteiger partial charge < -0.3 is 4.52 Å². The molecule has 0 radical (unpaired) electrons. The van der Waals surface area contributed by atoms with Crippen molar-refractivity contribution in [2.24, 2.45) is 0 Å². The van der Waals surface area contributed by atoms with Gasteiger partial charge in [0.05, 0.1) is 11.8 Å². The lowest BCUT2D eigenvalue weighted by Gasteiger charge is -1.93. The molecule has 2 heterocycles. The molecule has 3 rings (SSSR count). The van der Waals surface area contributed by atoms with Gasteiger partial charge >= 0.3 is 0 Å². The summed E-state index contributed by atoms with van der Waals surface area (Å²) in [6.07, 6.45) is 1.48. The van der Waals surface area contributed by atoms with E-state index < -0.39 is 0 Å². The van der Waals surface area contributed by atoms with Crippen molar-refractivity contribution in [3.8, 4) is 28.9 Å². The molecule has 1 N–H and O–H groups in total. The van der Waals surface area contributed by atoms with E-state index in [4.69, 9.17) is 9.78 Å². The highest BCUT2D eigenvalue weighted by atomic mass is 79.9. The Morgan fingerprint density at radius 1 is 1.37 bits per heavy atom. The van der Waals surface area contributed by atoms with E-state index in [0.717, 1.165) is 10.0 Å². The Hall–Kier alpha value is -2.46. The number of benzene rings is 1. The smallest absolute Gasteiger partial charge is 0.262 e. The number of aromatic amines is 1. The summed E-state index contributed by atoms with van der Waals surface area (Å²) >= 11 is 3.38. The number of H-pyrrole nitrogens is 1. The zero-order valence-corrected chi connectivity index (χ0v) is 11.0. The van der Waals surface area contributed by atoms with Gasteiger partial charge in [-0.25, -0.2) is 0 Å². The maximum Gasteiger partial charge on any atom is 0.262 e. The largest absolute Gasteiger partial charge is 0.333 e. The molecule has 0 spiro atoms. The Kier molecular flexibility index (Phi) is 2.85. The highest BCUT2D eigenvalue weighted by molar-refractivity contribution is 9.10. The van der Waals surface area contributed by atoms with Crippen LogP contribution in [0.15, 0.2) is 39.5 Å². The minimum atomic E-state index is 0.264. The van der Waals surface area contributed by atoms with E-state index in [0.29, 0.717) is 17.1 Å². The third-order valence-corrected chi connectivity index (χ3v) is 2.98. The summed E-state index contributed by atoms with van der Waals surface area (Å²) in [5.41, 5.74) is 1.62. The average Bonchev–Trinajstić information content (AvgIpc) is 3.07. The summed E-state index contributed by atoms with van der Waals surface area (Å²) in [5.74, 6) is 0.724. The summed E-state index contributed by atoms with van der Waals surface area (Å²) in [6.45, 7) is 0. The Morgan fingerprint density at radius 2 is 2.26 bits per heavy atom. The molecule has 92 valence electrons.